The van der Waals surface area contributed by atoms with E-state index in [0.29, 0.717) is 59.4 Å². The van der Waals surface area contributed by atoms with E-state index in [1.807, 2.05) is 35.2 Å². The molecule has 12 heteroatoms. The number of fused-ring (bicyclic) bond motifs is 1. The van der Waals surface area contributed by atoms with Gasteiger partial charge >= 0.3 is 15.2 Å². The van der Waals surface area contributed by atoms with Crippen LogP contribution >= 0.6 is 11.8 Å². The number of aromatic amines is 1. The molecule has 230 valence electrons. The molecule has 2 amide bonds. The lowest BCUT2D eigenvalue weighted by atomic mass is 10.1. The minimum absolute atomic E-state index is 0.00304. The Kier molecular flexibility index (Phi) is 8.76. The normalized spacial score (nSPS) is 13.5. The van der Waals surface area contributed by atoms with E-state index >= 15 is 0 Å². The first kappa shape index (κ1) is 30.2. The predicted octanol–water partition coefficient (Wildman–Crippen LogP) is 4.39. The van der Waals surface area contributed by atoms with Gasteiger partial charge in [-0.25, -0.2) is 4.98 Å². The molecule has 0 aliphatic carbocycles. The molecule has 4 aromatic carbocycles. The van der Waals surface area contributed by atoms with Gasteiger partial charge < -0.3 is 19.9 Å². The molecule has 5 aromatic rings. The summed E-state index contributed by atoms with van der Waals surface area (Å²) in [5, 5.41) is 3.24. The summed E-state index contributed by atoms with van der Waals surface area (Å²) in [6.45, 7) is 2.60. The number of thioether (sulfide) groups is 1. The zero-order valence-electron chi connectivity index (χ0n) is 24.5. The van der Waals surface area contributed by atoms with Crippen LogP contribution in [-0.4, -0.2) is 69.2 Å². The summed E-state index contributed by atoms with van der Waals surface area (Å²) in [6.07, 6.45) is 0. The lowest BCUT2D eigenvalue weighted by Gasteiger charge is -2.36. The summed E-state index contributed by atoms with van der Waals surface area (Å²) < 4.78 is 33.6. The van der Waals surface area contributed by atoms with E-state index in [4.69, 9.17) is 4.74 Å². The van der Waals surface area contributed by atoms with Crippen LogP contribution in [0.5, 0.6) is 5.75 Å². The number of nitrogens with one attached hydrogen (secondary N) is 2. The average Bonchev–Trinajstić information content (AvgIpc) is 3.47. The van der Waals surface area contributed by atoms with E-state index < -0.39 is 10.0 Å². The summed E-state index contributed by atoms with van der Waals surface area (Å²) >= 11 is 1.12. The number of piperazine rings is 1. The number of anilines is 2. The molecule has 1 aliphatic rings. The SMILES string of the molecule is COc1ccc(C(=O)N2CCN(c3ccc(NC(=O)CSc4[nH]c5ccccc5[n+]4S(=O)(=O)c4ccccc4)cc3)CC2)cc1. The van der Waals surface area contributed by atoms with Gasteiger partial charge in [-0.2, -0.15) is 8.42 Å². The molecule has 0 spiro atoms. The van der Waals surface area contributed by atoms with Crippen LogP contribution in [0.25, 0.3) is 11.0 Å². The third kappa shape index (κ3) is 6.52. The van der Waals surface area contributed by atoms with Crippen LogP contribution in [0.1, 0.15) is 10.4 Å². The Hall–Kier alpha value is -4.81. The molecule has 6 rings (SSSR count). The molecule has 1 aliphatic heterocycles. The minimum atomic E-state index is -3.90. The Morgan fingerprint density at radius 2 is 1.53 bits per heavy atom. The van der Waals surface area contributed by atoms with Crippen LogP contribution in [0.3, 0.4) is 0 Å². The molecule has 0 saturated carbocycles. The number of H-pyrrole nitrogens is 1. The highest BCUT2D eigenvalue weighted by molar-refractivity contribution is 8.00. The fourth-order valence-corrected chi connectivity index (χ4v) is 7.82. The maximum atomic E-state index is 13.6. The zero-order valence-corrected chi connectivity index (χ0v) is 26.2. The number of ether oxygens (including phenoxy) is 1. The first-order chi connectivity index (χ1) is 21.8. The van der Waals surface area contributed by atoms with Crippen molar-refractivity contribution < 1.29 is 26.7 Å². The Morgan fingerprint density at radius 1 is 0.867 bits per heavy atom. The van der Waals surface area contributed by atoms with E-state index in [9.17, 15) is 18.0 Å². The molecule has 10 nitrogen and oxygen atoms in total. The topological polar surface area (TPSA) is 116 Å². The van der Waals surface area contributed by atoms with Crippen molar-refractivity contribution in [1.82, 2.24) is 9.88 Å². The van der Waals surface area contributed by atoms with Crippen molar-refractivity contribution >= 4 is 56.0 Å². The van der Waals surface area contributed by atoms with E-state index in [-0.39, 0.29) is 22.5 Å². The van der Waals surface area contributed by atoms with Crippen molar-refractivity contribution in [2.45, 2.75) is 10.1 Å². The average molecular weight is 643 g/mol. The van der Waals surface area contributed by atoms with Crippen LogP contribution in [0.4, 0.5) is 11.4 Å². The lowest BCUT2D eigenvalue weighted by molar-refractivity contribution is -0.526. The number of carbonyl (C=O) groups excluding carboxylic acids is 2. The maximum absolute atomic E-state index is 13.6. The number of rotatable bonds is 9. The van der Waals surface area contributed by atoms with Crippen LogP contribution < -0.4 is 18.9 Å². The molecule has 2 N–H and O–H groups in total. The number of hydrogen-bond donors (Lipinski definition) is 2. The van der Waals surface area contributed by atoms with Gasteiger partial charge in [-0.3, -0.25) is 9.59 Å². The first-order valence-electron chi connectivity index (χ1n) is 14.4. The molecule has 1 saturated heterocycles. The molecular weight excluding hydrogens is 611 g/mol. The molecule has 2 heterocycles. The van der Waals surface area contributed by atoms with Gasteiger partial charge in [-0.05, 0) is 84.6 Å². The number of nitrogens with zero attached hydrogens (tertiary/aromatic N) is 3. The van der Waals surface area contributed by atoms with Crippen molar-refractivity contribution in [2.24, 2.45) is 0 Å². The van der Waals surface area contributed by atoms with Gasteiger partial charge in [0, 0.05) is 43.1 Å². The fraction of sp³-hybridized carbons (Fsp3) is 0.182. The molecule has 0 radical (unpaired) electrons. The summed E-state index contributed by atoms with van der Waals surface area (Å²) in [6, 6.07) is 30.1. The second kappa shape index (κ2) is 13.0. The van der Waals surface area contributed by atoms with Crippen molar-refractivity contribution in [1.29, 1.82) is 0 Å². The highest BCUT2D eigenvalue weighted by Crippen LogP contribution is 2.24. The number of methoxy groups -OCH3 is 1. The number of para-hydroxylation sites is 2. The minimum Gasteiger partial charge on any atom is -0.497 e. The standard InChI is InChI=1S/C33H31N5O5S2/c1-43-27-17-11-24(12-18-27)32(40)37-21-19-36(20-22-37)26-15-13-25(14-16-26)34-31(39)23-44-33-35-29-9-5-6-10-30(29)38(33)45(41,42)28-7-3-2-4-8-28/h2-18H,19-23H2,1H3,(H,34,39)/p+1. The highest BCUT2D eigenvalue weighted by Gasteiger charge is 2.32. The van der Waals surface area contributed by atoms with Crippen LogP contribution in [0.2, 0.25) is 0 Å². The van der Waals surface area contributed by atoms with Gasteiger partial charge in [0.2, 0.25) is 5.91 Å². The Morgan fingerprint density at radius 3 is 2.22 bits per heavy atom. The van der Waals surface area contributed by atoms with Crippen molar-refractivity contribution in [2.75, 3.05) is 49.3 Å². The van der Waals surface area contributed by atoms with Crippen molar-refractivity contribution in [3.05, 3.63) is 109 Å². The Labute approximate surface area is 265 Å². The highest BCUT2D eigenvalue weighted by atomic mass is 32.2. The number of amides is 2. The lowest BCUT2D eigenvalue weighted by Crippen LogP contribution is -2.48. The monoisotopic (exact) mass is 642 g/mol. The first-order valence-corrected chi connectivity index (χ1v) is 16.8. The summed E-state index contributed by atoms with van der Waals surface area (Å²) in [4.78, 5) is 33.2. The van der Waals surface area contributed by atoms with Gasteiger partial charge in [0.15, 0.2) is 11.0 Å². The number of benzene rings is 4. The molecule has 1 aromatic heterocycles. The maximum Gasteiger partial charge on any atom is 0.336 e. The van der Waals surface area contributed by atoms with Crippen molar-refractivity contribution in [3.63, 3.8) is 0 Å². The van der Waals surface area contributed by atoms with Gasteiger partial charge in [0.25, 0.3) is 5.91 Å². The van der Waals surface area contributed by atoms with E-state index in [1.54, 1.807) is 79.9 Å². The van der Waals surface area contributed by atoms with Gasteiger partial charge in [0.1, 0.15) is 10.6 Å². The van der Waals surface area contributed by atoms with Crippen LogP contribution in [0, 0.1) is 0 Å². The summed E-state index contributed by atoms with van der Waals surface area (Å²) in [7, 11) is -2.30. The van der Waals surface area contributed by atoms with Crippen LogP contribution in [-0.2, 0) is 14.8 Å². The quantitative estimate of drug-likeness (QED) is 0.181. The van der Waals surface area contributed by atoms with E-state index in [2.05, 4.69) is 15.2 Å². The second-order valence-electron chi connectivity index (χ2n) is 10.4. The molecule has 0 unspecified atom stereocenters. The molecule has 45 heavy (non-hydrogen) atoms. The third-order valence-corrected chi connectivity index (χ3v) is 10.4. The molecule has 1 fully saturated rings. The van der Waals surface area contributed by atoms with E-state index in [0.717, 1.165) is 17.4 Å². The largest absolute Gasteiger partial charge is 0.497 e. The molecule has 0 atom stereocenters. The Balaban J connectivity index is 1.06. The molecular formula is C33H32N5O5S2+. The second-order valence-corrected chi connectivity index (χ2v) is 13.2. The van der Waals surface area contributed by atoms with Crippen molar-refractivity contribution in [3.8, 4) is 5.75 Å². The number of imidazole rings is 1. The number of carbonyl (C=O) groups is 2. The third-order valence-electron chi connectivity index (χ3n) is 7.59. The summed E-state index contributed by atoms with van der Waals surface area (Å²) in [5.41, 5.74) is 3.44. The molecule has 0 bridgehead atoms. The predicted molar refractivity (Wildman–Crippen MR) is 174 cm³/mol. The number of aromatic nitrogens is 2. The van der Waals surface area contributed by atoms with Gasteiger partial charge in [-0.1, -0.05) is 30.3 Å². The summed E-state index contributed by atoms with van der Waals surface area (Å²) in [5.74, 6) is 0.458. The zero-order chi connectivity index (χ0) is 31.4. The van der Waals surface area contributed by atoms with Crippen LogP contribution in [0.15, 0.2) is 113 Å². The number of hydrogen-bond acceptors (Lipinski definition) is 7. The Bertz CT molecular complexity index is 1920. The smallest absolute Gasteiger partial charge is 0.336 e. The fourth-order valence-electron chi connectivity index (χ4n) is 5.23. The van der Waals surface area contributed by atoms with Gasteiger partial charge in [-0.15, -0.1) is 3.97 Å². The van der Waals surface area contributed by atoms with Gasteiger partial charge in [0.05, 0.1) is 12.9 Å². The van der Waals surface area contributed by atoms with E-state index in [1.165, 1.54) is 3.97 Å².